The van der Waals surface area contributed by atoms with Crippen LogP contribution in [-0.4, -0.2) is 34.0 Å². The van der Waals surface area contributed by atoms with E-state index < -0.39 is 0 Å². The number of carbonyl (C=O) groups is 1. The number of aromatic nitrogens is 2. The van der Waals surface area contributed by atoms with E-state index in [0.29, 0.717) is 41.3 Å². The minimum atomic E-state index is 0.0737. The molecule has 0 unspecified atom stereocenters. The van der Waals surface area contributed by atoms with Gasteiger partial charge in [0.25, 0.3) is 0 Å². The van der Waals surface area contributed by atoms with Gasteiger partial charge in [-0.2, -0.15) is 4.98 Å². The van der Waals surface area contributed by atoms with E-state index in [-0.39, 0.29) is 11.8 Å². The number of rotatable bonds is 4. The van der Waals surface area contributed by atoms with Crippen molar-refractivity contribution in [2.45, 2.75) is 12.3 Å². The first-order chi connectivity index (χ1) is 12.6. The van der Waals surface area contributed by atoms with E-state index in [0.717, 1.165) is 11.1 Å². The van der Waals surface area contributed by atoms with Gasteiger partial charge in [-0.1, -0.05) is 52.6 Å². The molecule has 0 N–H and O–H groups in total. The van der Waals surface area contributed by atoms with Crippen molar-refractivity contribution >= 4 is 29.1 Å². The van der Waals surface area contributed by atoms with Crippen molar-refractivity contribution in [3.05, 3.63) is 70.0 Å². The number of hydrogen-bond donors (Lipinski definition) is 0. The molecule has 2 aromatic carbocycles. The van der Waals surface area contributed by atoms with Crippen LogP contribution in [0.3, 0.4) is 0 Å². The average Bonchev–Trinajstić information content (AvgIpc) is 3.05. The molecule has 1 aliphatic heterocycles. The molecule has 0 aliphatic carbocycles. The van der Waals surface area contributed by atoms with Gasteiger partial charge in [0.1, 0.15) is 0 Å². The first-order valence-electron chi connectivity index (χ1n) is 8.20. The Morgan fingerprint density at radius 2 is 1.88 bits per heavy atom. The lowest BCUT2D eigenvalue weighted by molar-refractivity contribution is -0.135. The summed E-state index contributed by atoms with van der Waals surface area (Å²) < 4.78 is 5.37. The summed E-state index contributed by atoms with van der Waals surface area (Å²) in [4.78, 5) is 18.6. The van der Waals surface area contributed by atoms with Crippen molar-refractivity contribution in [2.75, 3.05) is 13.1 Å². The highest BCUT2D eigenvalue weighted by Crippen LogP contribution is 2.28. The number of carbonyl (C=O) groups excluding carboxylic acids is 1. The predicted octanol–water partition coefficient (Wildman–Crippen LogP) is 4.21. The van der Waals surface area contributed by atoms with Gasteiger partial charge in [-0.3, -0.25) is 4.79 Å². The van der Waals surface area contributed by atoms with Gasteiger partial charge >= 0.3 is 0 Å². The molecule has 0 bridgehead atoms. The highest BCUT2D eigenvalue weighted by molar-refractivity contribution is 6.31. The largest absolute Gasteiger partial charge is 0.341 e. The molecule has 7 heteroatoms. The van der Waals surface area contributed by atoms with Crippen LogP contribution in [0.25, 0.3) is 11.4 Å². The smallest absolute Gasteiger partial charge is 0.233 e. The Morgan fingerprint density at radius 1 is 1.12 bits per heavy atom. The Bertz CT molecular complexity index is 934. The third-order valence-corrected chi connectivity index (χ3v) is 4.86. The summed E-state index contributed by atoms with van der Waals surface area (Å²) in [5.41, 5.74) is 1.76. The van der Waals surface area contributed by atoms with Gasteiger partial charge < -0.3 is 9.42 Å². The first-order valence-corrected chi connectivity index (χ1v) is 8.96. The summed E-state index contributed by atoms with van der Waals surface area (Å²) in [6.07, 6.45) is 0.363. The van der Waals surface area contributed by atoms with Crippen LogP contribution in [0.15, 0.2) is 53.1 Å². The Kier molecular flexibility index (Phi) is 4.66. The highest BCUT2D eigenvalue weighted by Gasteiger charge is 2.35. The topological polar surface area (TPSA) is 59.2 Å². The zero-order valence-corrected chi connectivity index (χ0v) is 15.2. The molecule has 132 valence electrons. The Balaban J connectivity index is 1.36. The fraction of sp³-hybridized carbons (Fsp3) is 0.211. The summed E-state index contributed by atoms with van der Waals surface area (Å²) in [5, 5.41) is 5.30. The molecule has 0 radical (unpaired) electrons. The number of nitrogens with zero attached hydrogens (tertiary/aromatic N) is 3. The van der Waals surface area contributed by atoms with Gasteiger partial charge in [0.05, 0.1) is 12.3 Å². The third-order valence-electron chi connectivity index (χ3n) is 4.38. The molecule has 0 saturated carbocycles. The maximum Gasteiger partial charge on any atom is 0.233 e. The number of halogens is 2. The second-order valence-corrected chi connectivity index (χ2v) is 7.14. The van der Waals surface area contributed by atoms with Crippen molar-refractivity contribution in [3.63, 3.8) is 0 Å². The van der Waals surface area contributed by atoms with Gasteiger partial charge in [0.15, 0.2) is 0 Å². The molecule has 26 heavy (non-hydrogen) atoms. The molecule has 5 nitrogen and oxygen atoms in total. The molecule has 4 rings (SSSR count). The van der Waals surface area contributed by atoms with E-state index >= 15 is 0 Å². The molecule has 1 amide bonds. The van der Waals surface area contributed by atoms with Gasteiger partial charge in [-0.05, 0) is 29.8 Å². The summed E-state index contributed by atoms with van der Waals surface area (Å²) in [7, 11) is 0. The normalized spacial score (nSPS) is 14.3. The van der Waals surface area contributed by atoms with E-state index in [1.54, 1.807) is 29.2 Å². The van der Waals surface area contributed by atoms with Gasteiger partial charge in [-0.15, -0.1) is 0 Å². The molecule has 0 spiro atoms. The van der Waals surface area contributed by atoms with Crippen LogP contribution in [0.4, 0.5) is 0 Å². The Hall–Kier alpha value is -2.37. The lowest BCUT2D eigenvalue weighted by atomic mass is 9.99. The second-order valence-electron chi connectivity index (χ2n) is 6.27. The number of hydrogen-bond acceptors (Lipinski definition) is 4. The van der Waals surface area contributed by atoms with Crippen LogP contribution in [0, 0.1) is 0 Å². The lowest BCUT2D eigenvalue weighted by Crippen LogP contribution is -2.49. The van der Waals surface area contributed by atoms with E-state index in [1.807, 2.05) is 24.3 Å². The third kappa shape index (κ3) is 3.59. The SMILES string of the molecule is O=C(Cc1ccc(Cl)cc1)N1CC(c2nc(-c3cccc(Cl)c3)no2)C1. The Labute approximate surface area is 160 Å². The van der Waals surface area contributed by atoms with Crippen molar-refractivity contribution in [1.82, 2.24) is 15.0 Å². The predicted molar refractivity (Wildman–Crippen MR) is 99.2 cm³/mol. The van der Waals surface area contributed by atoms with E-state index in [4.69, 9.17) is 27.7 Å². The van der Waals surface area contributed by atoms with Crippen LogP contribution in [-0.2, 0) is 11.2 Å². The average molecular weight is 388 g/mol. The zero-order chi connectivity index (χ0) is 18.1. The summed E-state index contributed by atoms with van der Waals surface area (Å²) in [5.74, 6) is 1.21. The van der Waals surface area contributed by atoms with Crippen molar-refractivity contribution in [3.8, 4) is 11.4 Å². The van der Waals surface area contributed by atoms with E-state index in [1.165, 1.54) is 0 Å². The van der Waals surface area contributed by atoms with Crippen LogP contribution >= 0.6 is 23.2 Å². The monoisotopic (exact) mass is 387 g/mol. The van der Waals surface area contributed by atoms with Crippen molar-refractivity contribution in [1.29, 1.82) is 0 Å². The maximum atomic E-state index is 12.3. The van der Waals surface area contributed by atoms with Gasteiger partial charge in [-0.25, -0.2) is 0 Å². The molecule has 2 heterocycles. The summed E-state index contributed by atoms with van der Waals surface area (Å²) >= 11 is 11.9. The Morgan fingerprint density at radius 3 is 2.62 bits per heavy atom. The van der Waals surface area contributed by atoms with Gasteiger partial charge in [0, 0.05) is 28.7 Å². The minimum Gasteiger partial charge on any atom is -0.341 e. The molecular formula is C19H15Cl2N3O2. The fourth-order valence-corrected chi connectivity index (χ4v) is 3.19. The standard InChI is InChI=1S/C19H15Cl2N3O2/c20-15-6-4-12(5-7-15)8-17(25)24-10-14(11-24)19-22-18(23-26-19)13-2-1-3-16(21)9-13/h1-7,9,14H,8,10-11H2. The molecule has 3 aromatic rings. The van der Waals surface area contributed by atoms with E-state index in [9.17, 15) is 4.79 Å². The number of benzene rings is 2. The zero-order valence-electron chi connectivity index (χ0n) is 13.7. The van der Waals surface area contributed by atoms with E-state index in [2.05, 4.69) is 10.1 Å². The molecule has 1 fully saturated rings. The molecule has 1 aromatic heterocycles. The highest BCUT2D eigenvalue weighted by atomic mass is 35.5. The summed E-state index contributed by atoms with van der Waals surface area (Å²) in [6.45, 7) is 1.17. The van der Waals surface area contributed by atoms with Crippen LogP contribution < -0.4 is 0 Å². The van der Waals surface area contributed by atoms with Crippen molar-refractivity contribution < 1.29 is 9.32 Å². The van der Waals surface area contributed by atoms with Crippen LogP contribution in [0.1, 0.15) is 17.4 Å². The second kappa shape index (κ2) is 7.09. The molecule has 1 saturated heterocycles. The molecular weight excluding hydrogens is 373 g/mol. The van der Waals surface area contributed by atoms with Crippen LogP contribution in [0.2, 0.25) is 10.0 Å². The fourth-order valence-electron chi connectivity index (χ4n) is 2.87. The number of likely N-dealkylation sites (tertiary alicyclic amines) is 1. The van der Waals surface area contributed by atoms with Gasteiger partial charge in [0.2, 0.25) is 17.6 Å². The minimum absolute atomic E-state index is 0.0737. The molecule has 0 atom stereocenters. The number of amides is 1. The summed E-state index contributed by atoms with van der Waals surface area (Å²) in [6, 6.07) is 14.6. The maximum absolute atomic E-state index is 12.3. The van der Waals surface area contributed by atoms with Crippen LogP contribution in [0.5, 0.6) is 0 Å². The quantitative estimate of drug-likeness (QED) is 0.672. The first kappa shape index (κ1) is 17.1. The van der Waals surface area contributed by atoms with Crippen molar-refractivity contribution in [2.24, 2.45) is 0 Å². The lowest BCUT2D eigenvalue weighted by Gasteiger charge is -2.37. The molecule has 1 aliphatic rings.